The first-order valence-electron chi connectivity index (χ1n) is 8.53. The average molecular weight is 375 g/mol. The van der Waals surface area contributed by atoms with Gasteiger partial charge in [0.15, 0.2) is 11.5 Å². The van der Waals surface area contributed by atoms with Gasteiger partial charge in [-0.25, -0.2) is 0 Å². The van der Waals surface area contributed by atoms with E-state index in [2.05, 4.69) is 23.9 Å². The number of aryl methyl sites for hydroxylation is 1. The molecule has 1 N–H and O–H groups in total. The van der Waals surface area contributed by atoms with Gasteiger partial charge in [0, 0.05) is 11.8 Å². The molecular formula is C21H23F2NO3. The van der Waals surface area contributed by atoms with Gasteiger partial charge in [-0.15, -0.1) is 0 Å². The number of carbonyl (C=O) groups is 1. The number of rotatable bonds is 7. The van der Waals surface area contributed by atoms with Gasteiger partial charge in [-0.1, -0.05) is 38.1 Å². The quantitative estimate of drug-likeness (QED) is 0.661. The number of methoxy groups -OCH3 is 1. The van der Waals surface area contributed by atoms with Crippen molar-refractivity contribution in [3.63, 3.8) is 0 Å². The molecule has 0 fully saturated rings. The number of amides is 1. The Balaban J connectivity index is 2.16. The molecule has 4 nitrogen and oxygen atoms in total. The van der Waals surface area contributed by atoms with Gasteiger partial charge in [-0.2, -0.15) is 8.78 Å². The fraction of sp³-hybridized carbons (Fsp3) is 0.286. The Hall–Kier alpha value is -2.89. The zero-order chi connectivity index (χ0) is 20.0. The largest absolute Gasteiger partial charge is 0.493 e. The van der Waals surface area contributed by atoms with Crippen LogP contribution < -0.4 is 14.8 Å². The summed E-state index contributed by atoms with van der Waals surface area (Å²) in [5.41, 5.74) is 3.47. The molecule has 27 heavy (non-hydrogen) atoms. The van der Waals surface area contributed by atoms with E-state index in [4.69, 9.17) is 4.74 Å². The SMILES string of the molecule is COc1cc(C=CC(=O)Nc2c(C)cccc2C(C)C)ccc1OC(F)F. The molecule has 0 unspecified atom stereocenters. The van der Waals surface area contributed by atoms with E-state index in [1.807, 2.05) is 25.1 Å². The Morgan fingerprint density at radius 3 is 2.52 bits per heavy atom. The van der Waals surface area contributed by atoms with Gasteiger partial charge in [-0.05, 0) is 47.7 Å². The minimum atomic E-state index is -2.93. The molecule has 1 amide bonds. The first-order valence-corrected chi connectivity index (χ1v) is 8.53. The molecule has 0 aliphatic rings. The van der Waals surface area contributed by atoms with Gasteiger partial charge in [0.1, 0.15) is 0 Å². The molecule has 144 valence electrons. The first kappa shape index (κ1) is 20.4. The van der Waals surface area contributed by atoms with Gasteiger partial charge in [0.2, 0.25) is 5.91 Å². The number of halogens is 2. The first-order chi connectivity index (χ1) is 12.8. The normalized spacial score (nSPS) is 11.3. The molecule has 2 aromatic carbocycles. The number of carbonyl (C=O) groups excluding carboxylic acids is 1. The van der Waals surface area contributed by atoms with Gasteiger partial charge >= 0.3 is 6.61 Å². The van der Waals surface area contributed by atoms with E-state index in [0.717, 1.165) is 16.8 Å². The maximum absolute atomic E-state index is 12.4. The number of hydrogen-bond acceptors (Lipinski definition) is 3. The number of para-hydroxylation sites is 1. The standard InChI is InChI=1S/C21H23F2NO3/c1-13(2)16-7-5-6-14(3)20(16)24-19(25)11-9-15-8-10-17(27-21(22)23)18(12-15)26-4/h5-13,21H,1-4H3,(H,24,25). The van der Waals surface area contributed by atoms with Crippen molar-refractivity contribution in [3.05, 3.63) is 59.2 Å². The molecule has 2 aromatic rings. The second kappa shape index (κ2) is 9.16. The summed E-state index contributed by atoms with van der Waals surface area (Å²) in [4.78, 5) is 12.3. The zero-order valence-corrected chi connectivity index (χ0v) is 15.8. The summed E-state index contributed by atoms with van der Waals surface area (Å²) in [6.07, 6.45) is 2.97. The third-order valence-electron chi connectivity index (χ3n) is 4.01. The maximum Gasteiger partial charge on any atom is 0.387 e. The van der Waals surface area contributed by atoms with Crippen LogP contribution in [0.1, 0.15) is 36.5 Å². The van der Waals surface area contributed by atoms with Crippen LogP contribution in [0.5, 0.6) is 11.5 Å². The molecule has 0 heterocycles. The highest BCUT2D eigenvalue weighted by molar-refractivity contribution is 6.02. The van der Waals surface area contributed by atoms with Crippen LogP contribution in [0.2, 0.25) is 0 Å². The lowest BCUT2D eigenvalue weighted by molar-refractivity contribution is -0.111. The molecule has 0 aliphatic heterocycles. The van der Waals surface area contributed by atoms with Crippen molar-refractivity contribution in [1.29, 1.82) is 0 Å². The van der Waals surface area contributed by atoms with Crippen LogP contribution >= 0.6 is 0 Å². The average Bonchev–Trinajstić information content (AvgIpc) is 2.61. The molecule has 0 bridgehead atoms. The molecule has 0 aromatic heterocycles. The summed E-state index contributed by atoms with van der Waals surface area (Å²) in [7, 11) is 1.36. The van der Waals surface area contributed by atoms with Crippen molar-refractivity contribution in [2.75, 3.05) is 12.4 Å². The van der Waals surface area contributed by atoms with Gasteiger partial charge < -0.3 is 14.8 Å². The fourth-order valence-corrected chi connectivity index (χ4v) is 2.66. The molecule has 6 heteroatoms. The van der Waals surface area contributed by atoms with Crippen LogP contribution in [-0.2, 0) is 4.79 Å². The van der Waals surface area contributed by atoms with Crippen LogP contribution in [-0.4, -0.2) is 19.6 Å². The number of alkyl halides is 2. The van der Waals surface area contributed by atoms with E-state index in [9.17, 15) is 13.6 Å². The molecule has 0 atom stereocenters. The van der Waals surface area contributed by atoms with Crippen LogP contribution in [0.15, 0.2) is 42.5 Å². The van der Waals surface area contributed by atoms with Crippen molar-refractivity contribution in [1.82, 2.24) is 0 Å². The minimum absolute atomic E-state index is 0.0596. The Labute approximate surface area is 157 Å². The Bertz CT molecular complexity index is 832. The van der Waals surface area contributed by atoms with Crippen molar-refractivity contribution in [2.24, 2.45) is 0 Å². The van der Waals surface area contributed by atoms with Crippen LogP contribution in [0.3, 0.4) is 0 Å². The Morgan fingerprint density at radius 2 is 1.89 bits per heavy atom. The van der Waals surface area contributed by atoms with Crippen LogP contribution in [0, 0.1) is 6.92 Å². The highest BCUT2D eigenvalue weighted by Gasteiger charge is 2.12. The summed E-state index contributed by atoms with van der Waals surface area (Å²) < 4.78 is 34.2. The van der Waals surface area contributed by atoms with E-state index in [1.165, 1.54) is 25.3 Å². The number of benzene rings is 2. The second-order valence-electron chi connectivity index (χ2n) is 6.31. The van der Waals surface area contributed by atoms with E-state index < -0.39 is 6.61 Å². The summed E-state index contributed by atoms with van der Waals surface area (Å²) in [6, 6.07) is 10.4. The summed E-state index contributed by atoms with van der Waals surface area (Å²) in [5.74, 6) is 0.100. The smallest absolute Gasteiger partial charge is 0.387 e. The van der Waals surface area contributed by atoms with Gasteiger partial charge in [0.05, 0.1) is 7.11 Å². The molecule has 0 radical (unpaired) electrons. The van der Waals surface area contributed by atoms with Crippen molar-refractivity contribution in [3.8, 4) is 11.5 Å². The summed E-state index contributed by atoms with van der Waals surface area (Å²) >= 11 is 0. The van der Waals surface area contributed by atoms with E-state index in [0.29, 0.717) is 5.56 Å². The predicted octanol–water partition coefficient (Wildman–Crippen LogP) is 5.38. The lowest BCUT2D eigenvalue weighted by Gasteiger charge is -2.15. The van der Waals surface area contributed by atoms with E-state index in [-0.39, 0.29) is 23.3 Å². The highest BCUT2D eigenvalue weighted by atomic mass is 19.3. The third-order valence-corrected chi connectivity index (χ3v) is 4.01. The van der Waals surface area contributed by atoms with Gasteiger partial charge in [0.25, 0.3) is 0 Å². The number of ether oxygens (including phenoxy) is 2. The minimum Gasteiger partial charge on any atom is -0.493 e. The van der Waals surface area contributed by atoms with Gasteiger partial charge in [-0.3, -0.25) is 4.79 Å². The van der Waals surface area contributed by atoms with Crippen LogP contribution in [0.4, 0.5) is 14.5 Å². The number of nitrogens with one attached hydrogen (secondary N) is 1. The zero-order valence-electron chi connectivity index (χ0n) is 15.8. The monoisotopic (exact) mass is 375 g/mol. The van der Waals surface area contributed by atoms with E-state index in [1.54, 1.807) is 12.1 Å². The molecule has 0 saturated carbocycles. The third kappa shape index (κ3) is 5.54. The van der Waals surface area contributed by atoms with Crippen LogP contribution in [0.25, 0.3) is 6.08 Å². The van der Waals surface area contributed by atoms with Crippen molar-refractivity contribution < 1.29 is 23.0 Å². The molecular weight excluding hydrogens is 352 g/mol. The number of anilines is 1. The molecule has 0 spiro atoms. The lowest BCUT2D eigenvalue weighted by atomic mass is 9.98. The number of hydrogen-bond donors (Lipinski definition) is 1. The maximum atomic E-state index is 12.4. The lowest BCUT2D eigenvalue weighted by Crippen LogP contribution is -2.11. The molecule has 0 aliphatic carbocycles. The predicted molar refractivity (Wildman–Crippen MR) is 103 cm³/mol. The topological polar surface area (TPSA) is 47.6 Å². The molecule has 0 saturated heterocycles. The highest BCUT2D eigenvalue weighted by Crippen LogP contribution is 2.30. The summed E-state index contributed by atoms with van der Waals surface area (Å²) in [5, 5.41) is 2.92. The van der Waals surface area contributed by atoms with E-state index >= 15 is 0 Å². The van der Waals surface area contributed by atoms with Crippen molar-refractivity contribution in [2.45, 2.75) is 33.3 Å². The Kier molecular flexibility index (Phi) is 6.93. The van der Waals surface area contributed by atoms with Crippen molar-refractivity contribution >= 4 is 17.7 Å². The fourth-order valence-electron chi connectivity index (χ4n) is 2.66. The second-order valence-corrected chi connectivity index (χ2v) is 6.31. The Morgan fingerprint density at radius 1 is 1.15 bits per heavy atom. The molecule has 2 rings (SSSR count). The summed E-state index contributed by atoms with van der Waals surface area (Å²) in [6.45, 7) is 3.14.